The highest BCUT2D eigenvalue weighted by Gasteiger charge is 2.33. The normalized spacial score (nSPS) is 21.5. The van der Waals surface area contributed by atoms with E-state index in [1.807, 2.05) is 0 Å². The predicted octanol–water partition coefficient (Wildman–Crippen LogP) is 2.98. The largest absolute Gasteiger partial charge is 0.359 e. The first-order valence-electron chi connectivity index (χ1n) is 7.50. The van der Waals surface area contributed by atoms with Gasteiger partial charge in [-0.15, -0.1) is 0 Å². The van der Waals surface area contributed by atoms with Crippen LogP contribution in [-0.4, -0.2) is 25.1 Å². The quantitative estimate of drug-likeness (QED) is 0.765. The van der Waals surface area contributed by atoms with Gasteiger partial charge in [0.05, 0.1) is 0 Å². The molecule has 0 saturated heterocycles. The van der Waals surface area contributed by atoms with Crippen molar-refractivity contribution in [3.05, 3.63) is 23.4 Å². The van der Waals surface area contributed by atoms with Gasteiger partial charge in [-0.1, -0.05) is 19.9 Å². The molecule has 2 atom stereocenters. The molecule has 1 saturated carbocycles. The Morgan fingerprint density at radius 1 is 1.42 bits per heavy atom. The topological polar surface area (TPSA) is 28.2 Å². The minimum atomic E-state index is 0.873. The summed E-state index contributed by atoms with van der Waals surface area (Å²) in [7, 11) is 2.15. The minimum Gasteiger partial charge on any atom is -0.359 e. The standard InChI is InChI=1S/C16H27N3/c1-5-8-17-10-14-6-7-16(18-13(14)3)19(4)11-15-9-12(15)2/h6-7,12,15,17H,5,8-11H2,1-4H3. The van der Waals surface area contributed by atoms with Crippen molar-refractivity contribution >= 4 is 5.82 Å². The molecule has 1 heterocycles. The molecule has 0 amide bonds. The second kappa shape index (κ2) is 6.38. The number of pyridine rings is 1. The van der Waals surface area contributed by atoms with Crippen LogP contribution in [0.4, 0.5) is 5.82 Å². The van der Waals surface area contributed by atoms with E-state index in [1.54, 1.807) is 0 Å². The maximum Gasteiger partial charge on any atom is 0.128 e. The Morgan fingerprint density at radius 3 is 2.74 bits per heavy atom. The van der Waals surface area contributed by atoms with E-state index in [1.165, 1.54) is 18.4 Å². The number of rotatable bonds is 7. The first-order valence-corrected chi connectivity index (χ1v) is 7.50. The summed E-state index contributed by atoms with van der Waals surface area (Å²) in [6.45, 7) is 9.77. The number of nitrogens with zero attached hydrogens (tertiary/aromatic N) is 2. The molecule has 106 valence electrons. The lowest BCUT2D eigenvalue weighted by molar-refractivity contribution is 0.669. The molecule has 19 heavy (non-hydrogen) atoms. The van der Waals surface area contributed by atoms with Crippen LogP contribution in [0.2, 0.25) is 0 Å². The first-order chi connectivity index (χ1) is 9.11. The zero-order valence-electron chi connectivity index (χ0n) is 12.7. The van der Waals surface area contributed by atoms with Gasteiger partial charge in [-0.25, -0.2) is 4.98 Å². The number of nitrogens with one attached hydrogen (secondary N) is 1. The first kappa shape index (κ1) is 14.3. The van der Waals surface area contributed by atoms with Crippen LogP contribution < -0.4 is 10.2 Å². The monoisotopic (exact) mass is 261 g/mol. The maximum atomic E-state index is 4.74. The lowest BCUT2D eigenvalue weighted by atomic mass is 10.2. The van der Waals surface area contributed by atoms with Crippen LogP contribution in [0.1, 0.15) is 37.9 Å². The molecular weight excluding hydrogens is 234 g/mol. The predicted molar refractivity (Wildman–Crippen MR) is 81.5 cm³/mol. The molecule has 1 N–H and O–H groups in total. The molecule has 0 aliphatic heterocycles. The van der Waals surface area contributed by atoms with Gasteiger partial charge in [0.15, 0.2) is 0 Å². The van der Waals surface area contributed by atoms with Gasteiger partial charge < -0.3 is 10.2 Å². The number of anilines is 1. The summed E-state index contributed by atoms with van der Waals surface area (Å²) in [5.41, 5.74) is 2.46. The van der Waals surface area contributed by atoms with Gasteiger partial charge in [0, 0.05) is 25.8 Å². The van der Waals surface area contributed by atoms with Crippen molar-refractivity contribution in [2.45, 2.75) is 40.2 Å². The van der Waals surface area contributed by atoms with Crippen LogP contribution >= 0.6 is 0 Å². The summed E-state index contributed by atoms with van der Waals surface area (Å²) in [6.07, 6.45) is 2.55. The van der Waals surface area contributed by atoms with Gasteiger partial charge in [-0.2, -0.15) is 0 Å². The Hall–Kier alpha value is -1.09. The summed E-state index contributed by atoms with van der Waals surface area (Å²) in [6, 6.07) is 4.37. The van der Waals surface area contributed by atoms with Crippen molar-refractivity contribution in [2.75, 3.05) is 25.0 Å². The zero-order chi connectivity index (χ0) is 13.8. The van der Waals surface area contributed by atoms with Gasteiger partial charge >= 0.3 is 0 Å². The van der Waals surface area contributed by atoms with E-state index in [9.17, 15) is 0 Å². The maximum absolute atomic E-state index is 4.74. The molecule has 1 aliphatic carbocycles. The summed E-state index contributed by atoms with van der Waals surface area (Å²) in [4.78, 5) is 7.04. The van der Waals surface area contributed by atoms with Crippen molar-refractivity contribution in [2.24, 2.45) is 11.8 Å². The molecule has 0 aromatic carbocycles. The fourth-order valence-electron chi connectivity index (χ4n) is 2.47. The van der Waals surface area contributed by atoms with Gasteiger partial charge in [0.2, 0.25) is 0 Å². The Kier molecular flexibility index (Phi) is 4.81. The summed E-state index contributed by atoms with van der Waals surface area (Å²) >= 11 is 0. The van der Waals surface area contributed by atoms with Crippen LogP contribution in [-0.2, 0) is 6.54 Å². The summed E-state index contributed by atoms with van der Waals surface area (Å²) < 4.78 is 0. The van der Waals surface area contributed by atoms with Crippen molar-refractivity contribution in [3.8, 4) is 0 Å². The Balaban J connectivity index is 1.93. The molecular formula is C16H27N3. The van der Waals surface area contributed by atoms with Crippen LogP contribution in [0, 0.1) is 18.8 Å². The molecule has 1 aliphatic rings. The highest BCUT2D eigenvalue weighted by Crippen LogP contribution is 2.38. The van der Waals surface area contributed by atoms with Crippen LogP contribution in [0.3, 0.4) is 0 Å². The molecule has 2 unspecified atom stereocenters. The van der Waals surface area contributed by atoms with Gasteiger partial charge in [0.25, 0.3) is 0 Å². The van der Waals surface area contributed by atoms with E-state index in [0.717, 1.165) is 43.0 Å². The number of aromatic nitrogens is 1. The van der Waals surface area contributed by atoms with Gasteiger partial charge in [-0.05, 0) is 49.8 Å². The van der Waals surface area contributed by atoms with Gasteiger partial charge in [0.1, 0.15) is 5.82 Å². The summed E-state index contributed by atoms with van der Waals surface area (Å²) in [5.74, 6) is 2.88. The molecule has 2 rings (SSSR count). The van der Waals surface area contributed by atoms with E-state index >= 15 is 0 Å². The Labute approximate surface area is 117 Å². The zero-order valence-corrected chi connectivity index (χ0v) is 12.7. The van der Waals surface area contributed by atoms with Crippen LogP contribution in [0.25, 0.3) is 0 Å². The second-order valence-electron chi connectivity index (χ2n) is 5.94. The molecule has 1 fully saturated rings. The molecule has 3 nitrogen and oxygen atoms in total. The van der Waals surface area contributed by atoms with E-state index < -0.39 is 0 Å². The second-order valence-corrected chi connectivity index (χ2v) is 5.94. The highest BCUT2D eigenvalue weighted by molar-refractivity contribution is 5.41. The third kappa shape index (κ3) is 3.93. The van der Waals surface area contributed by atoms with E-state index in [4.69, 9.17) is 4.98 Å². The molecule has 0 bridgehead atoms. The van der Waals surface area contributed by atoms with Crippen molar-refractivity contribution in [1.29, 1.82) is 0 Å². The van der Waals surface area contributed by atoms with Crippen LogP contribution in [0.5, 0.6) is 0 Å². The molecule has 1 aromatic heterocycles. The molecule has 1 aromatic rings. The SMILES string of the molecule is CCCNCc1ccc(N(C)CC2CC2C)nc1C. The summed E-state index contributed by atoms with van der Waals surface area (Å²) in [5, 5.41) is 3.44. The number of hydrogen-bond acceptors (Lipinski definition) is 3. The minimum absolute atomic E-state index is 0.873. The third-order valence-electron chi connectivity index (χ3n) is 4.10. The highest BCUT2D eigenvalue weighted by atomic mass is 15.2. The number of hydrogen-bond donors (Lipinski definition) is 1. The van der Waals surface area contributed by atoms with Crippen LogP contribution in [0.15, 0.2) is 12.1 Å². The van der Waals surface area contributed by atoms with Crippen molar-refractivity contribution in [3.63, 3.8) is 0 Å². The van der Waals surface area contributed by atoms with E-state index in [0.29, 0.717) is 0 Å². The fourth-order valence-corrected chi connectivity index (χ4v) is 2.47. The van der Waals surface area contributed by atoms with Gasteiger partial charge in [-0.3, -0.25) is 0 Å². The molecule has 3 heteroatoms. The lowest BCUT2D eigenvalue weighted by Gasteiger charge is -2.19. The Bertz CT molecular complexity index is 416. The van der Waals surface area contributed by atoms with E-state index in [-0.39, 0.29) is 0 Å². The van der Waals surface area contributed by atoms with Crippen molar-refractivity contribution in [1.82, 2.24) is 10.3 Å². The molecule has 0 radical (unpaired) electrons. The van der Waals surface area contributed by atoms with Crippen molar-refractivity contribution < 1.29 is 0 Å². The van der Waals surface area contributed by atoms with E-state index in [2.05, 4.69) is 50.2 Å². The Morgan fingerprint density at radius 2 is 2.16 bits per heavy atom. The fraction of sp³-hybridized carbons (Fsp3) is 0.688. The number of aryl methyl sites for hydroxylation is 1. The third-order valence-corrected chi connectivity index (χ3v) is 4.10. The smallest absolute Gasteiger partial charge is 0.128 e. The average Bonchev–Trinajstić information content (AvgIpc) is 3.07. The lowest BCUT2D eigenvalue weighted by Crippen LogP contribution is -2.22. The average molecular weight is 261 g/mol. The molecule has 0 spiro atoms.